The summed E-state index contributed by atoms with van der Waals surface area (Å²) >= 11 is 0. The van der Waals surface area contributed by atoms with Gasteiger partial charge < -0.3 is 10.6 Å². The fourth-order valence-electron chi connectivity index (χ4n) is 4.69. The van der Waals surface area contributed by atoms with Crippen molar-refractivity contribution in [2.24, 2.45) is 17.6 Å². The van der Waals surface area contributed by atoms with Crippen LogP contribution in [-0.2, 0) is 10.2 Å². The van der Waals surface area contributed by atoms with Gasteiger partial charge in [0, 0.05) is 19.1 Å². The monoisotopic (exact) mass is 320 g/mol. The molecule has 22 heavy (non-hydrogen) atoms. The second-order valence-corrected chi connectivity index (χ2v) is 7.18. The summed E-state index contributed by atoms with van der Waals surface area (Å²) in [6, 6.07) is 10.7. The van der Waals surface area contributed by atoms with E-state index < -0.39 is 0 Å². The van der Waals surface area contributed by atoms with E-state index in [4.69, 9.17) is 5.73 Å². The number of hydrogen-bond donors (Lipinski definition) is 1. The van der Waals surface area contributed by atoms with Crippen molar-refractivity contribution < 1.29 is 4.79 Å². The van der Waals surface area contributed by atoms with Gasteiger partial charge in [-0.3, -0.25) is 4.79 Å². The molecule has 1 heterocycles. The van der Waals surface area contributed by atoms with Crippen LogP contribution in [0.2, 0.25) is 0 Å². The molecule has 3 nitrogen and oxygen atoms in total. The predicted molar refractivity (Wildman–Crippen MR) is 90.0 cm³/mol. The van der Waals surface area contributed by atoms with E-state index in [0.29, 0.717) is 23.8 Å². The normalized spacial score (nSPS) is 32.0. The maximum atomic E-state index is 13.2. The molecule has 1 saturated heterocycles. The highest BCUT2D eigenvalue weighted by Crippen LogP contribution is 2.47. The van der Waals surface area contributed by atoms with Gasteiger partial charge in [0.15, 0.2) is 0 Å². The SMILES string of the molecule is Cl.NC1CCC2CN(C(=O)C3(c4ccccc4)CCC3)CC12. The molecule has 3 fully saturated rings. The van der Waals surface area contributed by atoms with Crippen molar-refractivity contribution in [1.29, 1.82) is 0 Å². The molecular weight excluding hydrogens is 296 g/mol. The lowest BCUT2D eigenvalue weighted by Gasteiger charge is -2.43. The minimum atomic E-state index is -0.232. The zero-order chi connectivity index (χ0) is 14.4. The third-order valence-electron chi connectivity index (χ3n) is 6.14. The van der Waals surface area contributed by atoms with Gasteiger partial charge in [0.1, 0.15) is 0 Å². The lowest BCUT2D eigenvalue weighted by atomic mass is 9.63. The Bertz CT molecular complexity index is 543. The fraction of sp³-hybridized carbons (Fsp3) is 0.611. The van der Waals surface area contributed by atoms with Crippen LogP contribution in [0.15, 0.2) is 30.3 Å². The van der Waals surface area contributed by atoms with Crippen LogP contribution >= 0.6 is 12.4 Å². The third-order valence-corrected chi connectivity index (χ3v) is 6.14. The summed E-state index contributed by atoms with van der Waals surface area (Å²) < 4.78 is 0. The zero-order valence-electron chi connectivity index (χ0n) is 12.9. The molecule has 3 atom stereocenters. The topological polar surface area (TPSA) is 46.3 Å². The number of benzene rings is 1. The lowest BCUT2D eigenvalue weighted by molar-refractivity contribution is -0.140. The van der Waals surface area contributed by atoms with Crippen LogP contribution in [0.5, 0.6) is 0 Å². The van der Waals surface area contributed by atoms with E-state index in [1.807, 2.05) is 6.07 Å². The van der Waals surface area contributed by atoms with Gasteiger partial charge in [0.2, 0.25) is 5.91 Å². The molecule has 1 aromatic rings. The highest BCUT2D eigenvalue weighted by atomic mass is 35.5. The standard InChI is InChI=1S/C18H24N2O.ClH/c19-16-8-7-13-11-20(12-15(13)16)17(21)18(9-4-10-18)14-5-2-1-3-6-14;/h1-3,5-6,13,15-16H,4,7-12,19H2;1H. The van der Waals surface area contributed by atoms with Gasteiger partial charge in [-0.2, -0.15) is 0 Å². The van der Waals surface area contributed by atoms with E-state index in [1.165, 1.54) is 18.4 Å². The van der Waals surface area contributed by atoms with Crippen LogP contribution in [0.4, 0.5) is 0 Å². The Morgan fingerprint density at radius 2 is 1.86 bits per heavy atom. The largest absolute Gasteiger partial charge is 0.341 e. The molecule has 1 aromatic carbocycles. The highest BCUT2D eigenvalue weighted by Gasteiger charge is 2.51. The molecule has 3 unspecified atom stereocenters. The zero-order valence-corrected chi connectivity index (χ0v) is 13.7. The van der Waals surface area contributed by atoms with Crippen LogP contribution in [0, 0.1) is 11.8 Å². The Morgan fingerprint density at radius 3 is 2.45 bits per heavy atom. The molecule has 1 amide bonds. The molecule has 4 rings (SSSR count). The molecule has 3 aliphatic rings. The van der Waals surface area contributed by atoms with Crippen LogP contribution in [-0.4, -0.2) is 29.9 Å². The maximum Gasteiger partial charge on any atom is 0.233 e. The average Bonchev–Trinajstić information content (AvgIpc) is 3.01. The summed E-state index contributed by atoms with van der Waals surface area (Å²) in [7, 11) is 0. The first-order valence-corrected chi connectivity index (χ1v) is 8.31. The molecular formula is C18H25ClN2O. The fourth-order valence-corrected chi connectivity index (χ4v) is 4.69. The van der Waals surface area contributed by atoms with Crippen molar-refractivity contribution >= 4 is 18.3 Å². The first kappa shape index (κ1) is 15.8. The molecule has 1 aliphatic heterocycles. The van der Waals surface area contributed by atoms with Gasteiger partial charge in [0.05, 0.1) is 5.41 Å². The number of carbonyl (C=O) groups is 1. The van der Waals surface area contributed by atoms with Gasteiger partial charge in [-0.15, -0.1) is 12.4 Å². The van der Waals surface area contributed by atoms with Crippen LogP contribution in [0.1, 0.15) is 37.7 Å². The number of nitrogens with two attached hydrogens (primary N) is 1. The maximum absolute atomic E-state index is 13.2. The number of nitrogens with zero attached hydrogens (tertiary/aromatic N) is 1. The Hall–Kier alpha value is -1.06. The summed E-state index contributed by atoms with van der Waals surface area (Å²) in [6.45, 7) is 1.82. The van der Waals surface area contributed by atoms with E-state index in [1.54, 1.807) is 0 Å². The quantitative estimate of drug-likeness (QED) is 0.910. The highest BCUT2D eigenvalue weighted by molar-refractivity contribution is 5.89. The molecule has 120 valence electrons. The first-order chi connectivity index (χ1) is 10.2. The molecule has 2 saturated carbocycles. The third kappa shape index (κ3) is 2.26. The van der Waals surface area contributed by atoms with Gasteiger partial charge in [-0.05, 0) is 43.1 Å². The predicted octanol–water partition coefficient (Wildman–Crippen LogP) is 2.73. The van der Waals surface area contributed by atoms with E-state index >= 15 is 0 Å². The number of amides is 1. The molecule has 2 aliphatic carbocycles. The summed E-state index contributed by atoms with van der Waals surface area (Å²) in [6.07, 6.45) is 5.53. The Kier molecular flexibility index (Phi) is 4.21. The van der Waals surface area contributed by atoms with Gasteiger partial charge in [-0.1, -0.05) is 36.8 Å². The Balaban J connectivity index is 0.00000144. The summed E-state index contributed by atoms with van der Waals surface area (Å²) in [4.78, 5) is 15.3. The molecule has 2 N–H and O–H groups in total. The lowest BCUT2D eigenvalue weighted by Crippen LogP contribution is -2.50. The minimum Gasteiger partial charge on any atom is -0.341 e. The van der Waals surface area contributed by atoms with Crippen molar-refractivity contribution in [3.8, 4) is 0 Å². The number of halogens is 1. The second kappa shape index (κ2) is 5.86. The van der Waals surface area contributed by atoms with E-state index in [2.05, 4.69) is 29.2 Å². The molecule has 0 radical (unpaired) electrons. The van der Waals surface area contributed by atoms with Crippen molar-refractivity contribution in [3.63, 3.8) is 0 Å². The second-order valence-electron chi connectivity index (χ2n) is 7.18. The van der Waals surface area contributed by atoms with Crippen LogP contribution < -0.4 is 5.73 Å². The number of carbonyl (C=O) groups excluding carboxylic acids is 1. The van der Waals surface area contributed by atoms with Crippen molar-refractivity contribution in [3.05, 3.63) is 35.9 Å². The summed E-state index contributed by atoms with van der Waals surface area (Å²) in [5.41, 5.74) is 7.19. The van der Waals surface area contributed by atoms with Gasteiger partial charge in [0.25, 0.3) is 0 Å². The Morgan fingerprint density at radius 1 is 1.14 bits per heavy atom. The smallest absolute Gasteiger partial charge is 0.233 e. The Labute approximate surface area is 138 Å². The van der Waals surface area contributed by atoms with Crippen LogP contribution in [0.3, 0.4) is 0 Å². The van der Waals surface area contributed by atoms with Crippen molar-refractivity contribution in [1.82, 2.24) is 4.90 Å². The van der Waals surface area contributed by atoms with E-state index in [-0.39, 0.29) is 17.8 Å². The molecule has 0 aromatic heterocycles. The van der Waals surface area contributed by atoms with Crippen molar-refractivity contribution in [2.45, 2.75) is 43.6 Å². The number of rotatable bonds is 2. The number of fused-ring (bicyclic) bond motifs is 1. The number of hydrogen-bond acceptors (Lipinski definition) is 2. The molecule has 0 bridgehead atoms. The van der Waals surface area contributed by atoms with Gasteiger partial charge >= 0.3 is 0 Å². The van der Waals surface area contributed by atoms with Crippen molar-refractivity contribution in [2.75, 3.05) is 13.1 Å². The molecule has 4 heteroatoms. The van der Waals surface area contributed by atoms with Crippen LogP contribution in [0.25, 0.3) is 0 Å². The van der Waals surface area contributed by atoms with E-state index in [9.17, 15) is 4.79 Å². The number of likely N-dealkylation sites (tertiary alicyclic amines) is 1. The summed E-state index contributed by atoms with van der Waals surface area (Å²) in [5.74, 6) is 1.56. The van der Waals surface area contributed by atoms with E-state index in [0.717, 1.165) is 32.4 Å². The minimum absolute atomic E-state index is 0. The van der Waals surface area contributed by atoms with Gasteiger partial charge in [-0.25, -0.2) is 0 Å². The molecule has 0 spiro atoms. The average molecular weight is 321 g/mol. The summed E-state index contributed by atoms with van der Waals surface area (Å²) in [5, 5.41) is 0. The first-order valence-electron chi connectivity index (χ1n) is 8.31.